The lowest BCUT2D eigenvalue weighted by molar-refractivity contribution is -0.909. The Balaban J connectivity index is 4.45. The normalized spacial score (nSPS) is 13.6. The largest absolute Gasteiger partial charge is 0.465 e. The third kappa shape index (κ3) is 48.3. The predicted molar refractivity (Wildman–Crippen MR) is 294 cm³/mol. The molecule has 0 aromatic carbocycles. The van der Waals surface area contributed by atoms with Crippen LogP contribution in [-0.4, -0.2) is 81.9 Å². The molecule has 0 aromatic heterocycles. The molecule has 0 aliphatic rings. The summed E-state index contributed by atoms with van der Waals surface area (Å²) in [7, 11) is 6.86. The summed E-state index contributed by atoms with van der Waals surface area (Å²) in [6.07, 6.45) is 55.4. The third-order valence-electron chi connectivity index (χ3n) is 15.1. The lowest BCUT2D eigenvalue weighted by atomic mass is 9.94. The number of rotatable bonds is 55. The summed E-state index contributed by atoms with van der Waals surface area (Å²) < 4.78 is 13.0. The lowest BCUT2D eigenvalue weighted by Gasteiger charge is -2.36. The van der Waals surface area contributed by atoms with Gasteiger partial charge in [0, 0.05) is 19.4 Å². The molecule has 0 aromatic rings. The maximum Gasteiger partial charge on any atom is 0.305 e. The third-order valence-corrected chi connectivity index (χ3v) is 15.1. The Morgan fingerprint density at radius 3 is 0.896 bits per heavy atom. The van der Waals surface area contributed by atoms with Crippen LogP contribution < -0.4 is 0 Å². The Kier molecular flexibility index (Phi) is 50.4. The van der Waals surface area contributed by atoms with Crippen molar-refractivity contribution in [1.29, 1.82) is 0 Å². The van der Waals surface area contributed by atoms with Crippen LogP contribution in [0.15, 0.2) is 0 Å². The van der Waals surface area contributed by atoms with Crippen LogP contribution in [0.1, 0.15) is 310 Å². The number of unbranched alkanes of at least 4 members (excludes halogenated alkanes) is 32. The predicted octanol–water partition coefficient (Wildman–Crippen LogP) is 18.6. The van der Waals surface area contributed by atoms with Gasteiger partial charge in [0.1, 0.15) is 0 Å². The van der Waals surface area contributed by atoms with E-state index in [2.05, 4.69) is 53.7 Å². The SMILES string of the molecule is CCCCCCCCCCC(CCCCCCCC)COC(=O)CCCCCCC[N+](C)(CCCCCCCC(=O)OCC(CCCCCCCC)CCCCCCCCCC)CCN(C)C. The highest BCUT2D eigenvalue weighted by atomic mass is 16.5. The summed E-state index contributed by atoms with van der Waals surface area (Å²) in [5.41, 5.74) is 0. The van der Waals surface area contributed by atoms with Gasteiger partial charge in [0.15, 0.2) is 0 Å². The Morgan fingerprint density at radius 1 is 0.358 bits per heavy atom. The number of ether oxygens (including phenoxy) is 2. The molecule has 0 spiro atoms. The van der Waals surface area contributed by atoms with Gasteiger partial charge in [0.05, 0.1) is 39.9 Å². The number of hydrogen-bond donors (Lipinski definition) is 0. The summed E-state index contributed by atoms with van der Waals surface area (Å²) in [4.78, 5) is 27.9. The molecule has 67 heavy (non-hydrogen) atoms. The van der Waals surface area contributed by atoms with E-state index in [-0.39, 0.29) is 11.9 Å². The topological polar surface area (TPSA) is 55.8 Å². The molecule has 0 aliphatic carbocycles. The second-order valence-electron chi connectivity index (χ2n) is 22.4. The van der Waals surface area contributed by atoms with Gasteiger partial charge in [-0.3, -0.25) is 9.59 Å². The zero-order valence-corrected chi connectivity index (χ0v) is 47.0. The van der Waals surface area contributed by atoms with Crippen LogP contribution in [0.25, 0.3) is 0 Å². The summed E-state index contributed by atoms with van der Waals surface area (Å²) in [6.45, 7) is 15.2. The number of carbonyl (C=O) groups is 2. The minimum atomic E-state index is 0.0311. The molecule has 0 saturated carbocycles. The number of esters is 2. The zero-order chi connectivity index (χ0) is 49.2. The molecule has 2 unspecified atom stereocenters. The van der Waals surface area contributed by atoms with Crippen molar-refractivity contribution < 1.29 is 23.5 Å². The van der Waals surface area contributed by atoms with E-state index in [4.69, 9.17) is 9.47 Å². The quantitative estimate of drug-likeness (QED) is 0.0345. The van der Waals surface area contributed by atoms with Crippen molar-refractivity contribution in [3.05, 3.63) is 0 Å². The van der Waals surface area contributed by atoms with Crippen LogP contribution in [-0.2, 0) is 19.1 Å². The molecule has 0 bridgehead atoms. The van der Waals surface area contributed by atoms with Gasteiger partial charge >= 0.3 is 11.9 Å². The van der Waals surface area contributed by atoms with Crippen molar-refractivity contribution in [2.45, 2.75) is 310 Å². The first-order chi connectivity index (χ1) is 32.7. The van der Waals surface area contributed by atoms with Crippen molar-refractivity contribution in [2.24, 2.45) is 11.8 Å². The number of hydrogen-bond acceptors (Lipinski definition) is 5. The van der Waals surface area contributed by atoms with Gasteiger partial charge in [-0.2, -0.15) is 0 Å². The number of carbonyl (C=O) groups excluding carboxylic acids is 2. The van der Waals surface area contributed by atoms with Gasteiger partial charge in [-0.05, 0) is 90.1 Å². The molecule has 0 saturated heterocycles. The second-order valence-corrected chi connectivity index (χ2v) is 22.4. The van der Waals surface area contributed by atoms with Gasteiger partial charge < -0.3 is 18.9 Å². The maximum atomic E-state index is 12.8. The molecule has 0 N–H and O–H groups in total. The van der Waals surface area contributed by atoms with Crippen LogP contribution in [0, 0.1) is 11.8 Å². The molecular formula is C61H123N2O4+. The highest BCUT2D eigenvalue weighted by Crippen LogP contribution is 2.23. The van der Waals surface area contributed by atoms with Crippen LogP contribution >= 0.6 is 0 Å². The van der Waals surface area contributed by atoms with Gasteiger partial charge in [0.2, 0.25) is 0 Å². The first kappa shape index (κ1) is 65.9. The first-order valence-corrected chi connectivity index (χ1v) is 30.5. The van der Waals surface area contributed by atoms with Crippen molar-refractivity contribution in [3.63, 3.8) is 0 Å². The van der Waals surface area contributed by atoms with E-state index in [1.807, 2.05) is 0 Å². The zero-order valence-electron chi connectivity index (χ0n) is 47.0. The van der Waals surface area contributed by atoms with Crippen LogP contribution in [0.3, 0.4) is 0 Å². The van der Waals surface area contributed by atoms with Gasteiger partial charge in [0.25, 0.3) is 0 Å². The molecule has 0 rings (SSSR count). The second kappa shape index (κ2) is 51.2. The van der Waals surface area contributed by atoms with E-state index in [9.17, 15) is 9.59 Å². The van der Waals surface area contributed by atoms with Gasteiger partial charge in [-0.1, -0.05) is 233 Å². The van der Waals surface area contributed by atoms with E-state index >= 15 is 0 Å². The summed E-state index contributed by atoms with van der Waals surface area (Å²) >= 11 is 0. The molecule has 2 atom stereocenters. The average Bonchev–Trinajstić information content (AvgIpc) is 3.31. The summed E-state index contributed by atoms with van der Waals surface area (Å²) in [5.74, 6) is 1.15. The Labute approximate surface area is 421 Å². The van der Waals surface area contributed by atoms with E-state index in [1.165, 1.54) is 264 Å². The fraction of sp³-hybridized carbons (Fsp3) is 0.967. The average molecular weight is 949 g/mol. The fourth-order valence-corrected chi connectivity index (χ4v) is 10.1. The van der Waals surface area contributed by atoms with Crippen molar-refractivity contribution in [3.8, 4) is 0 Å². The van der Waals surface area contributed by atoms with Crippen molar-refractivity contribution in [1.82, 2.24) is 4.90 Å². The monoisotopic (exact) mass is 948 g/mol. The van der Waals surface area contributed by atoms with E-state index in [1.54, 1.807) is 0 Å². The fourth-order valence-electron chi connectivity index (χ4n) is 10.1. The molecule has 0 radical (unpaired) electrons. The molecule has 0 aliphatic heterocycles. The number of nitrogens with zero attached hydrogens (tertiary/aromatic N) is 2. The number of likely N-dealkylation sites (N-methyl/N-ethyl adjacent to an activating group) is 2. The molecule has 400 valence electrons. The van der Waals surface area contributed by atoms with Gasteiger partial charge in [-0.25, -0.2) is 0 Å². The Bertz CT molecular complexity index is 949. The van der Waals surface area contributed by atoms with E-state index in [0.717, 1.165) is 36.7 Å². The molecule has 0 fully saturated rings. The smallest absolute Gasteiger partial charge is 0.305 e. The van der Waals surface area contributed by atoms with Crippen molar-refractivity contribution in [2.75, 3.05) is 60.5 Å². The maximum absolute atomic E-state index is 12.8. The highest BCUT2D eigenvalue weighted by molar-refractivity contribution is 5.69. The Hall–Kier alpha value is -1.14. The minimum absolute atomic E-state index is 0.0311. The van der Waals surface area contributed by atoms with Crippen LogP contribution in [0.4, 0.5) is 0 Å². The summed E-state index contributed by atoms with van der Waals surface area (Å²) in [5, 5.41) is 0. The van der Waals surface area contributed by atoms with Crippen LogP contribution in [0.5, 0.6) is 0 Å². The Morgan fingerprint density at radius 2 is 0.612 bits per heavy atom. The standard InChI is InChI=1S/C61H123N2O4/c1-8-12-16-20-24-26-32-40-48-58(46-38-30-22-18-14-10-3)56-66-60(64)50-42-34-28-36-44-53-63(7,55-52-62(5)6)54-45-37-29-35-43-51-61(65)67-57-59(47-39-31-23-19-15-11-4)49-41-33-27-25-21-17-13-9-2/h58-59H,8-57H2,1-7H3/q+1. The summed E-state index contributed by atoms with van der Waals surface area (Å²) in [6, 6.07) is 0. The molecule has 0 amide bonds. The van der Waals surface area contributed by atoms with E-state index in [0.29, 0.717) is 37.9 Å². The molecule has 0 heterocycles. The molecule has 6 nitrogen and oxygen atoms in total. The highest BCUT2D eigenvalue weighted by Gasteiger charge is 2.21. The molecular weight excluding hydrogens is 825 g/mol. The number of quaternary nitrogens is 1. The van der Waals surface area contributed by atoms with Crippen LogP contribution in [0.2, 0.25) is 0 Å². The first-order valence-electron chi connectivity index (χ1n) is 30.5. The lowest BCUT2D eigenvalue weighted by Crippen LogP contribution is -2.49. The van der Waals surface area contributed by atoms with Gasteiger partial charge in [-0.15, -0.1) is 0 Å². The minimum Gasteiger partial charge on any atom is -0.465 e. The molecule has 6 heteroatoms. The van der Waals surface area contributed by atoms with E-state index < -0.39 is 0 Å². The van der Waals surface area contributed by atoms with Crippen molar-refractivity contribution >= 4 is 11.9 Å².